The van der Waals surface area contributed by atoms with E-state index in [4.69, 9.17) is 17.0 Å². The van der Waals surface area contributed by atoms with Crippen LogP contribution < -0.4 is 0 Å². The molecular formula is C29H56Cl2SiZr. The Morgan fingerprint density at radius 2 is 1.24 bits per heavy atom. The minimum absolute atomic E-state index is 0. The first-order chi connectivity index (χ1) is 14.9. The monoisotopic (exact) mass is 592 g/mol. The fourth-order valence-electron chi connectivity index (χ4n) is 9.36. The van der Waals surface area contributed by atoms with Crippen LogP contribution >= 0.6 is 17.0 Å². The van der Waals surface area contributed by atoms with Crippen molar-refractivity contribution < 1.29 is 20.8 Å². The van der Waals surface area contributed by atoms with Gasteiger partial charge in [-0.05, 0) is 78.2 Å². The molecule has 4 aliphatic rings. The molecule has 33 heavy (non-hydrogen) atoms. The first kappa shape index (κ1) is 32.7. The van der Waals surface area contributed by atoms with E-state index in [1.165, 1.54) is 19.3 Å². The second kappa shape index (κ2) is 15.2. The summed E-state index contributed by atoms with van der Waals surface area (Å²) in [6.45, 7) is 13.3. The number of halogens is 2. The number of rotatable bonds is 6. The molecule has 4 heteroatoms. The maximum absolute atomic E-state index is 4.93. The Morgan fingerprint density at radius 3 is 1.76 bits per heavy atom. The van der Waals surface area contributed by atoms with Gasteiger partial charge in [-0.1, -0.05) is 91.7 Å². The summed E-state index contributed by atoms with van der Waals surface area (Å²) in [7, 11) is 8.65. The van der Waals surface area contributed by atoms with Crippen LogP contribution in [0, 0.1) is 56.3 Å². The molecule has 0 aliphatic heterocycles. The molecule has 8 unspecified atom stereocenters. The predicted molar refractivity (Wildman–Crippen MR) is 151 cm³/mol. The van der Waals surface area contributed by atoms with E-state index in [9.17, 15) is 0 Å². The molecule has 0 amide bonds. The van der Waals surface area contributed by atoms with Gasteiger partial charge in [-0.25, -0.2) is 0 Å². The molecule has 8 atom stereocenters. The molecule has 0 aromatic rings. The van der Waals surface area contributed by atoms with Crippen molar-refractivity contribution in [3.8, 4) is 0 Å². The molecule has 194 valence electrons. The second-order valence-electron chi connectivity index (χ2n) is 12.6. The van der Waals surface area contributed by atoms with Gasteiger partial charge < -0.3 is 14.9 Å². The summed E-state index contributed by atoms with van der Waals surface area (Å²) >= 11 is -0.826. The van der Waals surface area contributed by atoms with Gasteiger partial charge in [-0.15, -0.1) is 0 Å². The molecule has 0 N–H and O–H groups in total. The van der Waals surface area contributed by atoms with Crippen molar-refractivity contribution in [2.75, 3.05) is 0 Å². The quantitative estimate of drug-likeness (QED) is 0.212. The van der Waals surface area contributed by atoms with Crippen LogP contribution in [0.3, 0.4) is 0 Å². The summed E-state index contributed by atoms with van der Waals surface area (Å²) in [5.41, 5.74) is 2.32. The van der Waals surface area contributed by atoms with E-state index < -0.39 is 28.9 Å². The molecule has 4 saturated carbocycles. The van der Waals surface area contributed by atoms with Gasteiger partial charge in [0, 0.05) is 0 Å². The standard InChI is InChI=1S/C27H50Si.2CH3.2ClH.Zr/c1-6-7-12-20-17-26(23-15-10-8-13-21(20)23)28(4,5)27-18-25(19(2)3)22-14-9-11-16-24(22)27;;;;;/h19-27H,6-18H2,1-5H3;2*1H3;2*1H;/q;2*-1;;;+4/p-2. The van der Waals surface area contributed by atoms with Gasteiger partial charge in [0.25, 0.3) is 0 Å². The van der Waals surface area contributed by atoms with Crippen LogP contribution in [0.2, 0.25) is 24.2 Å². The van der Waals surface area contributed by atoms with Crippen LogP contribution in [0.1, 0.15) is 104 Å². The van der Waals surface area contributed by atoms with Crippen molar-refractivity contribution in [2.45, 2.75) is 128 Å². The summed E-state index contributed by atoms with van der Waals surface area (Å²) in [4.78, 5) is 0. The van der Waals surface area contributed by atoms with Crippen molar-refractivity contribution in [3.05, 3.63) is 14.9 Å². The summed E-state index contributed by atoms with van der Waals surface area (Å²) in [5.74, 6) is 7.57. The summed E-state index contributed by atoms with van der Waals surface area (Å²) in [6, 6.07) is 0. The van der Waals surface area contributed by atoms with E-state index in [2.05, 4.69) is 33.9 Å². The zero-order valence-electron chi connectivity index (χ0n) is 23.1. The van der Waals surface area contributed by atoms with Crippen LogP contribution in [0.4, 0.5) is 0 Å². The Hall–Kier alpha value is 1.68. The Kier molecular flexibility index (Phi) is 15.0. The summed E-state index contributed by atoms with van der Waals surface area (Å²) < 4.78 is 0. The van der Waals surface area contributed by atoms with Crippen molar-refractivity contribution >= 4 is 25.1 Å². The molecule has 0 radical (unpaired) electrons. The van der Waals surface area contributed by atoms with Crippen LogP contribution in [0.5, 0.6) is 0 Å². The van der Waals surface area contributed by atoms with Crippen LogP contribution in [0.15, 0.2) is 0 Å². The third-order valence-electron chi connectivity index (χ3n) is 10.7. The Bertz CT molecular complexity index is 540. The molecule has 0 saturated heterocycles. The fourth-order valence-corrected chi connectivity index (χ4v) is 14.7. The average molecular weight is 595 g/mol. The zero-order valence-corrected chi connectivity index (χ0v) is 28.1. The van der Waals surface area contributed by atoms with Gasteiger partial charge in [0.1, 0.15) is 0 Å². The second-order valence-corrected chi connectivity index (χ2v) is 21.5. The molecule has 0 nitrogen and oxygen atoms in total. The molecule has 0 spiro atoms. The molecule has 4 fully saturated rings. The predicted octanol–water partition coefficient (Wildman–Crippen LogP) is 11.2. The van der Waals surface area contributed by atoms with Crippen molar-refractivity contribution in [1.82, 2.24) is 0 Å². The fraction of sp³-hybridized carbons (Fsp3) is 0.931. The Morgan fingerprint density at radius 1 is 0.788 bits per heavy atom. The van der Waals surface area contributed by atoms with Crippen molar-refractivity contribution in [3.63, 3.8) is 0 Å². The number of hydrogen-bond acceptors (Lipinski definition) is 0. The van der Waals surface area contributed by atoms with E-state index in [1.54, 1.807) is 64.2 Å². The number of hydrogen-bond donors (Lipinski definition) is 0. The maximum atomic E-state index is 4.93. The third-order valence-corrected chi connectivity index (χ3v) is 15.9. The van der Waals surface area contributed by atoms with E-state index in [0.29, 0.717) is 0 Å². The normalized spacial score (nSPS) is 37.6. The van der Waals surface area contributed by atoms with Crippen molar-refractivity contribution in [2.24, 2.45) is 41.4 Å². The van der Waals surface area contributed by atoms with Gasteiger partial charge in [-0.2, -0.15) is 0 Å². The Balaban J connectivity index is 0.00000103. The van der Waals surface area contributed by atoms with E-state index in [0.717, 1.165) is 52.5 Å². The average Bonchev–Trinajstić information content (AvgIpc) is 3.33. The number of unbranched alkanes of at least 4 members (excludes halogenated alkanes) is 1. The summed E-state index contributed by atoms with van der Waals surface area (Å²) in [5, 5.41) is 0. The van der Waals surface area contributed by atoms with E-state index >= 15 is 0 Å². The molecule has 0 aromatic carbocycles. The van der Waals surface area contributed by atoms with Gasteiger partial charge in [-0.3, -0.25) is 0 Å². The first-order valence-electron chi connectivity index (χ1n) is 13.8. The van der Waals surface area contributed by atoms with E-state index in [1.807, 2.05) is 0 Å². The SMILES string of the molecule is CCCCC1CC([Si](C)(C)C2CC(C(C)C)C3CCCCC32)C2CCCCC12.[CH3-].[CH3-].[Cl][Zr+2][Cl]. The Labute approximate surface area is 229 Å². The first-order valence-corrected chi connectivity index (χ1v) is 23.3. The minimum atomic E-state index is -1.22. The van der Waals surface area contributed by atoms with Crippen LogP contribution in [-0.4, -0.2) is 8.07 Å². The van der Waals surface area contributed by atoms with E-state index in [-0.39, 0.29) is 14.9 Å². The summed E-state index contributed by atoms with van der Waals surface area (Å²) in [6.07, 6.45) is 20.3. The van der Waals surface area contributed by atoms with Gasteiger partial charge in [0.2, 0.25) is 0 Å². The van der Waals surface area contributed by atoms with Gasteiger partial charge >= 0.3 is 37.9 Å². The van der Waals surface area contributed by atoms with Crippen LogP contribution in [-0.2, 0) is 20.8 Å². The molecule has 0 aromatic heterocycles. The molecule has 0 heterocycles. The zero-order chi connectivity index (χ0) is 22.6. The van der Waals surface area contributed by atoms with Crippen LogP contribution in [0.25, 0.3) is 0 Å². The third kappa shape index (κ3) is 7.38. The van der Waals surface area contributed by atoms with Crippen molar-refractivity contribution in [1.29, 1.82) is 0 Å². The topological polar surface area (TPSA) is 0 Å². The molecular weight excluding hydrogens is 539 g/mol. The molecule has 0 bridgehead atoms. The molecule has 4 rings (SSSR count). The number of fused-ring (bicyclic) bond motifs is 2. The van der Waals surface area contributed by atoms with Gasteiger partial charge in [0.05, 0.1) is 8.07 Å². The molecule has 4 aliphatic carbocycles. The van der Waals surface area contributed by atoms with Gasteiger partial charge in [0.15, 0.2) is 0 Å².